The molecule has 2 heterocycles. The average Bonchev–Trinajstić information content (AvgIpc) is 3.11. The van der Waals surface area contributed by atoms with Crippen molar-refractivity contribution in [1.82, 2.24) is 14.8 Å². The number of nitrogens with zero attached hydrogens (tertiary/aromatic N) is 3. The van der Waals surface area contributed by atoms with E-state index in [-0.39, 0.29) is 6.04 Å². The van der Waals surface area contributed by atoms with Crippen LogP contribution in [0, 0.1) is 6.92 Å². The minimum atomic E-state index is -0.00858. The lowest BCUT2D eigenvalue weighted by Crippen LogP contribution is -2.20. The van der Waals surface area contributed by atoms with Crippen LogP contribution in [-0.2, 0) is 0 Å². The molecular weight excluding hydrogens is 312 g/mol. The molecule has 0 saturated carbocycles. The van der Waals surface area contributed by atoms with Crippen molar-refractivity contribution in [2.75, 3.05) is 11.9 Å². The number of benzene rings is 2. The highest BCUT2D eigenvalue weighted by molar-refractivity contribution is 5.77. The van der Waals surface area contributed by atoms with Crippen LogP contribution in [0.4, 0.5) is 5.95 Å². The molecule has 0 unspecified atom stereocenters. The average molecular weight is 332 g/mol. The second-order valence-electron chi connectivity index (χ2n) is 6.05. The highest BCUT2D eigenvalue weighted by Gasteiger charge is 2.23. The van der Waals surface area contributed by atoms with Crippen LogP contribution < -0.4 is 10.1 Å². The first-order valence-corrected chi connectivity index (χ1v) is 8.43. The van der Waals surface area contributed by atoms with Crippen LogP contribution in [0.5, 0.6) is 5.75 Å². The van der Waals surface area contributed by atoms with Crippen LogP contribution in [-0.4, -0.2) is 21.4 Å². The molecule has 0 aliphatic carbocycles. The Bertz CT molecular complexity index is 894. The number of aromatic nitrogens is 3. The number of allylic oxidation sites excluding steroid dienone is 1. The smallest absolute Gasteiger partial charge is 0.226 e. The summed E-state index contributed by atoms with van der Waals surface area (Å²) in [5.41, 5.74) is 4.56. The van der Waals surface area contributed by atoms with E-state index in [0.29, 0.717) is 6.61 Å². The summed E-state index contributed by atoms with van der Waals surface area (Å²) in [5, 5.41) is 7.75. The normalized spacial score (nSPS) is 15.9. The lowest BCUT2D eigenvalue weighted by atomic mass is 10.0. The molecule has 5 nitrogen and oxygen atoms in total. The fourth-order valence-electron chi connectivity index (χ4n) is 3.00. The number of aryl methyl sites for hydroxylation is 1. The molecule has 4 rings (SSSR count). The maximum atomic E-state index is 5.54. The van der Waals surface area contributed by atoms with Gasteiger partial charge >= 0.3 is 0 Å². The molecule has 1 N–H and O–H groups in total. The second kappa shape index (κ2) is 6.43. The van der Waals surface area contributed by atoms with E-state index in [2.05, 4.69) is 64.8 Å². The van der Waals surface area contributed by atoms with E-state index < -0.39 is 0 Å². The molecule has 0 fully saturated rings. The number of hydrogen-bond acceptors (Lipinski definition) is 4. The Morgan fingerprint density at radius 3 is 2.56 bits per heavy atom. The first kappa shape index (κ1) is 15.4. The highest BCUT2D eigenvalue weighted by atomic mass is 16.5. The zero-order valence-electron chi connectivity index (χ0n) is 14.3. The van der Waals surface area contributed by atoms with Crippen LogP contribution in [0.3, 0.4) is 0 Å². The van der Waals surface area contributed by atoms with Gasteiger partial charge in [-0.3, -0.25) is 0 Å². The van der Waals surface area contributed by atoms with E-state index in [4.69, 9.17) is 4.74 Å². The number of fused-ring (bicyclic) bond motifs is 1. The molecule has 25 heavy (non-hydrogen) atoms. The summed E-state index contributed by atoms with van der Waals surface area (Å²) in [6.07, 6.45) is 3.76. The monoisotopic (exact) mass is 332 g/mol. The Labute approximate surface area is 147 Å². The van der Waals surface area contributed by atoms with Gasteiger partial charge in [-0.05, 0) is 43.2 Å². The zero-order chi connectivity index (χ0) is 17.2. The molecule has 1 aliphatic rings. The van der Waals surface area contributed by atoms with E-state index >= 15 is 0 Å². The Balaban J connectivity index is 1.73. The molecule has 2 aromatic carbocycles. The molecule has 5 heteroatoms. The number of anilines is 1. The molecular formula is C20H20N4O. The quantitative estimate of drug-likeness (QED) is 0.783. The third kappa shape index (κ3) is 3.01. The second-order valence-corrected chi connectivity index (χ2v) is 6.05. The summed E-state index contributed by atoms with van der Waals surface area (Å²) in [5.74, 6) is 1.62. The largest absolute Gasteiger partial charge is 0.494 e. The lowest BCUT2D eigenvalue weighted by molar-refractivity contribution is 0.340. The zero-order valence-corrected chi connectivity index (χ0v) is 14.3. The number of rotatable bonds is 4. The Morgan fingerprint density at radius 1 is 1.08 bits per heavy atom. The Morgan fingerprint density at radius 2 is 1.84 bits per heavy atom. The van der Waals surface area contributed by atoms with Crippen LogP contribution in [0.15, 0.2) is 60.9 Å². The van der Waals surface area contributed by atoms with Crippen molar-refractivity contribution in [3.63, 3.8) is 0 Å². The summed E-state index contributed by atoms with van der Waals surface area (Å²) in [6, 6.07) is 16.6. The molecule has 0 bridgehead atoms. The van der Waals surface area contributed by atoms with Gasteiger partial charge in [0.05, 0.1) is 6.61 Å². The lowest BCUT2D eigenvalue weighted by Gasteiger charge is -2.24. The molecule has 0 radical (unpaired) electrons. The van der Waals surface area contributed by atoms with Crippen LogP contribution in [0.1, 0.15) is 29.7 Å². The van der Waals surface area contributed by atoms with Crippen molar-refractivity contribution in [3.8, 4) is 5.75 Å². The van der Waals surface area contributed by atoms with Crippen LogP contribution in [0.2, 0.25) is 0 Å². The van der Waals surface area contributed by atoms with E-state index in [9.17, 15) is 0 Å². The fraction of sp³-hybridized carbons (Fsp3) is 0.200. The number of ether oxygens (including phenoxy) is 1. The van der Waals surface area contributed by atoms with Crippen molar-refractivity contribution < 1.29 is 4.74 Å². The SMILES string of the molecule is CCOc1ccc([C@H]2C=C(c3ccc(C)cc3)Nc3ncnn32)cc1. The van der Waals surface area contributed by atoms with Crippen LogP contribution >= 0.6 is 0 Å². The molecule has 0 saturated heterocycles. The van der Waals surface area contributed by atoms with E-state index in [1.54, 1.807) is 6.33 Å². The maximum Gasteiger partial charge on any atom is 0.226 e. The maximum absolute atomic E-state index is 5.54. The first-order chi connectivity index (χ1) is 12.2. The Hall–Kier alpha value is -3.08. The summed E-state index contributed by atoms with van der Waals surface area (Å²) >= 11 is 0. The van der Waals surface area contributed by atoms with Gasteiger partial charge in [0.25, 0.3) is 0 Å². The van der Waals surface area contributed by atoms with Crippen molar-refractivity contribution >= 4 is 11.6 Å². The van der Waals surface area contributed by atoms with Crippen molar-refractivity contribution in [1.29, 1.82) is 0 Å². The topological polar surface area (TPSA) is 52.0 Å². The van der Waals surface area contributed by atoms with Crippen LogP contribution in [0.25, 0.3) is 5.70 Å². The third-order valence-electron chi connectivity index (χ3n) is 4.30. The predicted octanol–water partition coefficient (Wildman–Crippen LogP) is 4.04. The fourth-order valence-corrected chi connectivity index (χ4v) is 3.00. The van der Waals surface area contributed by atoms with Gasteiger partial charge in [-0.15, -0.1) is 0 Å². The van der Waals surface area contributed by atoms with Crippen molar-refractivity contribution in [2.45, 2.75) is 19.9 Å². The highest BCUT2D eigenvalue weighted by Crippen LogP contribution is 2.32. The van der Waals surface area contributed by atoms with E-state index in [1.807, 2.05) is 23.7 Å². The van der Waals surface area contributed by atoms with Gasteiger partial charge in [-0.1, -0.05) is 42.0 Å². The van der Waals surface area contributed by atoms with Crippen molar-refractivity contribution in [3.05, 3.63) is 77.6 Å². The Kier molecular flexibility index (Phi) is 3.98. The van der Waals surface area contributed by atoms with E-state index in [1.165, 1.54) is 5.56 Å². The summed E-state index contributed by atoms with van der Waals surface area (Å²) < 4.78 is 7.44. The first-order valence-electron chi connectivity index (χ1n) is 8.43. The molecule has 1 aromatic heterocycles. The summed E-state index contributed by atoms with van der Waals surface area (Å²) in [4.78, 5) is 4.35. The van der Waals surface area contributed by atoms with E-state index in [0.717, 1.165) is 28.5 Å². The van der Waals surface area contributed by atoms with Gasteiger partial charge in [0.15, 0.2) is 0 Å². The molecule has 3 aromatic rings. The molecule has 0 spiro atoms. The van der Waals surface area contributed by atoms with Gasteiger partial charge in [0, 0.05) is 5.70 Å². The molecule has 1 aliphatic heterocycles. The van der Waals surface area contributed by atoms with Crippen molar-refractivity contribution in [2.24, 2.45) is 0 Å². The summed E-state index contributed by atoms with van der Waals surface area (Å²) in [7, 11) is 0. The number of nitrogens with one attached hydrogen (secondary N) is 1. The van der Waals surface area contributed by atoms with Gasteiger partial charge < -0.3 is 10.1 Å². The number of hydrogen-bond donors (Lipinski definition) is 1. The van der Waals surface area contributed by atoms with Gasteiger partial charge in [0.2, 0.25) is 5.95 Å². The molecule has 0 amide bonds. The predicted molar refractivity (Wildman–Crippen MR) is 98.6 cm³/mol. The summed E-state index contributed by atoms with van der Waals surface area (Å²) in [6.45, 7) is 4.74. The standard InChI is InChI=1S/C20H20N4O/c1-3-25-17-10-8-16(9-11-17)19-12-18(15-6-4-14(2)5-7-15)23-20-21-13-22-24(19)20/h4-13,19H,3H2,1-2H3,(H,21,22,23)/t19-/m1/s1. The van der Waals surface area contributed by atoms with Gasteiger partial charge in [-0.2, -0.15) is 10.1 Å². The minimum absolute atomic E-state index is 0.00858. The minimum Gasteiger partial charge on any atom is -0.494 e. The molecule has 1 atom stereocenters. The van der Waals surface area contributed by atoms with Gasteiger partial charge in [0.1, 0.15) is 18.1 Å². The molecule has 126 valence electrons. The third-order valence-corrected chi connectivity index (χ3v) is 4.30. The van der Waals surface area contributed by atoms with Gasteiger partial charge in [-0.25, -0.2) is 4.68 Å².